The van der Waals surface area contributed by atoms with Crippen LogP contribution in [0, 0.1) is 10.1 Å². The number of rotatable bonds is 6. The summed E-state index contributed by atoms with van der Waals surface area (Å²) in [5.74, 6) is 0. The summed E-state index contributed by atoms with van der Waals surface area (Å²) in [5.41, 5.74) is 1.17. The van der Waals surface area contributed by atoms with Crippen molar-refractivity contribution in [2.45, 2.75) is 37.8 Å². The molecule has 5 nitrogen and oxygen atoms in total. The van der Waals surface area contributed by atoms with Gasteiger partial charge in [-0.1, -0.05) is 18.2 Å². The number of nitro groups is 1. The van der Waals surface area contributed by atoms with E-state index in [1.165, 1.54) is 19.3 Å². The Morgan fingerprint density at radius 1 is 1.40 bits per heavy atom. The van der Waals surface area contributed by atoms with Gasteiger partial charge in [0.1, 0.15) is 0 Å². The highest BCUT2D eigenvalue weighted by Gasteiger charge is 2.39. The van der Waals surface area contributed by atoms with Crippen molar-refractivity contribution in [2.75, 3.05) is 20.6 Å². The van der Waals surface area contributed by atoms with Crippen LogP contribution in [0.2, 0.25) is 0 Å². The fourth-order valence-electron chi connectivity index (χ4n) is 2.84. The normalized spacial score (nSPS) is 18.6. The average Bonchev–Trinajstić information content (AvgIpc) is 2.36. The first-order valence-electron chi connectivity index (χ1n) is 7.10. The van der Waals surface area contributed by atoms with Crippen LogP contribution >= 0.6 is 0 Å². The molecule has 0 aromatic heterocycles. The van der Waals surface area contributed by atoms with Gasteiger partial charge in [0.2, 0.25) is 0 Å². The molecule has 5 heteroatoms. The Morgan fingerprint density at radius 2 is 2.05 bits per heavy atom. The van der Waals surface area contributed by atoms with Crippen LogP contribution in [-0.4, -0.2) is 36.0 Å². The number of likely N-dealkylation sites (N-methyl/N-ethyl adjacent to an activating group) is 1. The fourth-order valence-corrected chi connectivity index (χ4v) is 2.84. The zero-order valence-corrected chi connectivity index (χ0v) is 12.4. The number of benzene rings is 1. The van der Waals surface area contributed by atoms with Gasteiger partial charge >= 0.3 is 0 Å². The quantitative estimate of drug-likeness (QED) is 0.641. The molecule has 0 aliphatic heterocycles. The van der Waals surface area contributed by atoms with Crippen LogP contribution in [0.4, 0.5) is 5.69 Å². The van der Waals surface area contributed by atoms with Crippen molar-refractivity contribution in [2.24, 2.45) is 0 Å². The molecule has 1 aromatic rings. The molecule has 1 unspecified atom stereocenters. The fraction of sp³-hybridized carbons (Fsp3) is 0.600. The second-order valence-corrected chi connectivity index (χ2v) is 5.89. The van der Waals surface area contributed by atoms with Gasteiger partial charge in [-0.25, -0.2) is 0 Å². The SMILES string of the molecule is CC(NCC1(N(C)C)CCC1)c1ccccc1[N+](=O)[O-]. The van der Waals surface area contributed by atoms with E-state index in [4.69, 9.17) is 0 Å². The first kappa shape index (κ1) is 14.9. The van der Waals surface area contributed by atoms with Crippen LogP contribution < -0.4 is 5.32 Å². The molecule has 1 aliphatic rings. The Kier molecular flexibility index (Phi) is 4.40. The summed E-state index contributed by atoms with van der Waals surface area (Å²) in [4.78, 5) is 13.0. The van der Waals surface area contributed by atoms with E-state index in [0.29, 0.717) is 0 Å². The number of nitrogens with zero attached hydrogens (tertiary/aromatic N) is 2. The number of para-hydroxylation sites is 1. The van der Waals surface area contributed by atoms with Crippen molar-refractivity contribution in [1.29, 1.82) is 0 Å². The van der Waals surface area contributed by atoms with Crippen LogP contribution in [0.1, 0.15) is 37.8 Å². The van der Waals surface area contributed by atoms with E-state index in [0.717, 1.165) is 12.1 Å². The first-order chi connectivity index (χ1) is 9.46. The molecular formula is C15H23N3O2. The Labute approximate surface area is 120 Å². The number of hydrogen-bond donors (Lipinski definition) is 1. The second kappa shape index (κ2) is 5.89. The highest BCUT2D eigenvalue weighted by molar-refractivity contribution is 5.41. The molecule has 0 heterocycles. The number of nitrogens with one attached hydrogen (secondary N) is 1. The summed E-state index contributed by atoms with van der Waals surface area (Å²) in [7, 11) is 4.22. The summed E-state index contributed by atoms with van der Waals surface area (Å²) in [6, 6.07) is 6.94. The predicted octanol–water partition coefficient (Wildman–Crippen LogP) is 2.73. The van der Waals surface area contributed by atoms with E-state index in [-0.39, 0.29) is 22.2 Å². The minimum atomic E-state index is -0.307. The van der Waals surface area contributed by atoms with E-state index >= 15 is 0 Å². The lowest BCUT2D eigenvalue weighted by Gasteiger charge is -2.48. The van der Waals surface area contributed by atoms with Crippen LogP contribution in [0.3, 0.4) is 0 Å². The predicted molar refractivity (Wildman–Crippen MR) is 79.8 cm³/mol. The maximum absolute atomic E-state index is 11.1. The van der Waals surface area contributed by atoms with Crippen LogP contribution in [0.15, 0.2) is 24.3 Å². The molecule has 110 valence electrons. The van der Waals surface area contributed by atoms with Gasteiger partial charge in [0.05, 0.1) is 4.92 Å². The standard InChI is InChI=1S/C15H23N3O2/c1-12(13-7-4-5-8-14(13)18(19)20)16-11-15(17(2)3)9-6-10-15/h4-5,7-8,12,16H,6,9-11H2,1-3H3. The average molecular weight is 277 g/mol. The van der Waals surface area contributed by atoms with Gasteiger partial charge in [0, 0.05) is 29.8 Å². The molecule has 1 fully saturated rings. The molecule has 1 atom stereocenters. The molecule has 20 heavy (non-hydrogen) atoms. The van der Waals surface area contributed by atoms with Crippen molar-refractivity contribution in [3.8, 4) is 0 Å². The summed E-state index contributed by atoms with van der Waals surface area (Å²) >= 11 is 0. The highest BCUT2D eigenvalue weighted by Crippen LogP contribution is 2.36. The lowest BCUT2D eigenvalue weighted by molar-refractivity contribution is -0.385. The third kappa shape index (κ3) is 2.83. The first-order valence-corrected chi connectivity index (χ1v) is 7.10. The lowest BCUT2D eigenvalue weighted by Crippen LogP contribution is -2.56. The largest absolute Gasteiger partial charge is 0.308 e. The smallest absolute Gasteiger partial charge is 0.274 e. The van der Waals surface area contributed by atoms with Gasteiger partial charge in [-0.3, -0.25) is 10.1 Å². The molecule has 0 radical (unpaired) electrons. The zero-order valence-electron chi connectivity index (χ0n) is 12.4. The zero-order chi connectivity index (χ0) is 14.8. The minimum Gasteiger partial charge on any atom is -0.308 e. The van der Waals surface area contributed by atoms with Gasteiger partial charge in [0.15, 0.2) is 0 Å². The summed E-state index contributed by atoms with van der Waals surface area (Å²) in [6.07, 6.45) is 3.65. The highest BCUT2D eigenvalue weighted by atomic mass is 16.6. The molecular weight excluding hydrogens is 254 g/mol. The van der Waals surface area contributed by atoms with Gasteiger partial charge < -0.3 is 10.2 Å². The van der Waals surface area contributed by atoms with Crippen molar-refractivity contribution in [3.63, 3.8) is 0 Å². The Hall–Kier alpha value is -1.46. The van der Waals surface area contributed by atoms with Crippen LogP contribution in [-0.2, 0) is 0 Å². The van der Waals surface area contributed by atoms with Crippen molar-refractivity contribution in [3.05, 3.63) is 39.9 Å². The van der Waals surface area contributed by atoms with Gasteiger partial charge in [0.25, 0.3) is 5.69 Å². The van der Waals surface area contributed by atoms with E-state index in [2.05, 4.69) is 24.3 Å². The molecule has 1 N–H and O–H groups in total. The third-order valence-electron chi connectivity index (χ3n) is 4.57. The molecule has 1 aliphatic carbocycles. The van der Waals surface area contributed by atoms with Gasteiger partial charge in [-0.05, 0) is 40.3 Å². The Morgan fingerprint density at radius 3 is 2.55 bits per heavy atom. The van der Waals surface area contributed by atoms with Gasteiger partial charge in [-0.2, -0.15) is 0 Å². The van der Waals surface area contributed by atoms with E-state index in [1.807, 2.05) is 19.1 Å². The second-order valence-electron chi connectivity index (χ2n) is 5.89. The maximum atomic E-state index is 11.1. The molecule has 1 saturated carbocycles. The molecule has 0 spiro atoms. The Bertz CT molecular complexity index is 484. The van der Waals surface area contributed by atoms with Crippen LogP contribution in [0.5, 0.6) is 0 Å². The van der Waals surface area contributed by atoms with Crippen molar-refractivity contribution >= 4 is 5.69 Å². The van der Waals surface area contributed by atoms with E-state index in [1.54, 1.807) is 12.1 Å². The topological polar surface area (TPSA) is 58.4 Å². The Balaban J connectivity index is 2.05. The van der Waals surface area contributed by atoms with Crippen LogP contribution in [0.25, 0.3) is 0 Å². The minimum absolute atomic E-state index is 0.0194. The molecule has 0 amide bonds. The molecule has 2 rings (SSSR count). The van der Waals surface area contributed by atoms with Gasteiger partial charge in [-0.15, -0.1) is 0 Å². The van der Waals surface area contributed by atoms with E-state index in [9.17, 15) is 10.1 Å². The number of nitro benzene ring substituents is 1. The van der Waals surface area contributed by atoms with Crippen molar-refractivity contribution < 1.29 is 4.92 Å². The lowest BCUT2D eigenvalue weighted by atomic mass is 9.75. The van der Waals surface area contributed by atoms with Crippen molar-refractivity contribution in [1.82, 2.24) is 10.2 Å². The molecule has 0 saturated heterocycles. The summed E-state index contributed by atoms with van der Waals surface area (Å²) in [5, 5.41) is 14.5. The summed E-state index contributed by atoms with van der Waals surface area (Å²) in [6.45, 7) is 2.86. The molecule has 1 aromatic carbocycles. The summed E-state index contributed by atoms with van der Waals surface area (Å²) < 4.78 is 0. The number of hydrogen-bond acceptors (Lipinski definition) is 4. The monoisotopic (exact) mass is 277 g/mol. The third-order valence-corrected chi connectivity index (χ3v) is 4.57. The van der Waals surface area contributed by atoms with E-state index < -0.39 is 0 Å². The molecule has 0 bridgehead atoms. The maximum Gasteiger partial charge on any atom is 0.274 e.